The van der Waals surface area contributed by atoms with Gasteiger partial charge < -0.3 is 5.32 Å². The van der Waals surface area contributed by atoms with Gasteiger partial charge in [0.25, 0.3) is 0 Å². The molecule has 2 aromatic rings. The summed E-state index contributed by atoms with van der Waals surface area (Å²) in [6.45, 7) is -1.11. The third-order valence-electron chi connectivity index (χ3n) is 2.90. The smallest absolute Gasteiger partial charge is 0.376 e. The number of thiocarbonyl (C=S) groups is 1. The lowest BCUT2D eigenvalue weighted by atomic mass is 10.1. The molecule has 0 aliphatic rings. The molecule has 5 heteroatoms. The van der Waals surface area contributed by atoms with Crippen molar-refractivity contribution in [2.75, 3.05) is 6.54 Å². The molecule has 0 unspecified atom stereocenters. The highest BCUT2D eigenvalue weighted by Crippen LogP contribution is 2.18. The number of nitrogens with one attached hydrogen (secondary N) is 1. The van der Waals surface area contributed by atoms with E-state index in [2.05, 4.69) is 5.32 Å². The first-order chi connectivity index (χ1) is 10.5. The van der Waals surface area contributed by atoms with E-state index in [4.69, 9.17) is 12.2 Å². The minimum atomic E-state index is -4.29. The van der Waals surface area contributed by atoms with Crippen molar-refractivity contribution in [3.63, 3.8) is 0 Å². The van der Waals surface area contributed by atoms with Gasteiger partial charge in [-0.1, -0.05) is 72.9 Å². The van der Waals surface area contributed by atoms with Crippen LogP contribution in [0.15, 0.2) is 66.7 Å². The Bertz CT molecular complexity index is 649. The van der Waals surface area contributed by atoms with Crippen molar-refractivity contribution in [2.24, 2.45) is 0 Å². The Balaban J connectivity index is 2.27. The first-order valence-corrected chi connectivity index (χ1v) is 7.04. The van der Waals surface area contributed by atoms with E-state index < -0.39 is 12.7 Å². The van der Waals surface area contributed by atoms with E-state index in [0.29, 0.717) is 16.1 Å². The molecule has 0 aromatic heterocycles. The van der Waals surface area contributed by atoms with Crippen LogP contribution in [-0.2, 0) is 0 Å². The molecule has 0 amide bonds. The lowest BCUT2D eigenvalue weighted by Crippen LogP contribution is -2.28. The van der Waals surface area contributed by atoms with Gasteiger partial charge in [-0.25, -0.2) is 0 Å². The van der Waals surface area contributed by atoms with Crippen molar-refractivity contribution in [3.05, 3.63) is 77.9 Å². The molecule has 0 bridgehead atoms. The Kier molecular flexibility index (Phi) is 5.33. The number of benzene rings is 2. The van der Waals surface area contributed by atoms with Crippen LogP contribution in [-0.4, -0.2) is 17.6 Å². The third-order valence-corrected chi connectivity index (χ3v) is 3.25. The van der Waals surface area contributed by atoms with E-state index in [1.54, 1.807) is 36.4 Å². The highest BCUT2D eigenvalue weighted by Gasteiger charge is 2.27. The maximum Gasteiger partial charge on any atom is 0.405 e. The van der Waals surface area contributed by atoms with Crippen LogP contribution in [0.1, 0.15) is 11.1 Å². The first kappa shape index (κ1) is 16.2. The standard InChI is InChI=1S/C17H14F3NS/c18-17(19,20)12-21-15(13-7-3-1-4-8-13)11-16(22)14-9-5-2-6-10-14/h1-11,21H,12H2/b15-11+. The summed E-state index contributed by atoms with van der Waals surface area (Å²) in [6.07, 6.45) is -2.73. The molecule has 2 rings (SSSR count). The Morgan fingerprint density at radius 1 is 0.909 bits per heavy atom. The average molecular weight is 321 g/mol. The molecule has 22 heavy (non-hydrogen) atoms. The molecule has 0 fully saturated rings. The van der Waals surface area contributed by atoms with Crippen LogP contribution in [0.3, 0.4) is 0 Å². The van der Waals surface area contributed by atoms with Crippen LogP contribution in [0.5, 0.6) is 0 Å². The highest BCUT2D eigenvalue weighted by atomic mass is 32.1. The summed E-state index contributed by atoms with van der Waals surface area (Å²) in [4.78, 5) is 0.481. The summed E-state index contributed by atoms with van der Waals surface area (Å²) in [7, 11) is 0. The lowest BCUT2D eigenvalue weighted by molar-refractivity contribution is -0.122. The van der Waals surface area contributed by atoms with Gasteiger partial charge in [-0.05, 0) is 17.2 Å². The number of halogens is 3. The first-order valence-electron chi connectivity index (χ1n) is 6.63. The summed E-state index contributed by atoms with van der Waals surface area (Å²) >= 11 is 5.31. The topological polar surface area (TPSA) is 12.0 Å². The van der Waals surface area contributed by atoms with Crippen LogP contribution in [0.4, 0.5) is 13.2 Å². The van der Waals surface area contributed by atoms with Crippen LogP contribution < -0.4 is 5.32 Å². The fourth-order valence-corrected chi connectivity index (χ4v) is 2.12. The van der Waals surface area contributed by atoms with E-state index in [1.807, 2.05) is 30.3 Å². The van der Waals surface area contributed by atoms with Gasteiger partial charge >= 0.3 is 6.18 Å². The number of alkyl halides is 3. The molecule has 1 N–H and O–H groups in total. The maximum absolute atomic E-state index is 12.5. The van der Waals surface area contributed by atoms with Crippen molar-refractivity contribution >= 4 is 22.8 Å². The zero-order valence-electron chi connectivity index (χ0n) is 11.6. The molecule has 0 heterocycles. The van der Waals surface area contributed by atoms with Gasteiger partial charge in [-0.3, -0.25) is 0 Å². The summed E-state index contributed by atoms with van der Waals surface area (Å²) < 4.78 is 37.4. The maximum atomic E-state index is 12.5. The van der Waals surface area contributed by atoms with Gasteiger partial charge in [0.2, 0.25) is 0 Å². The Morgan fingerprint density at radius 3 is 1.91 bits per heavy atom. The predicted molar refractivity (Wildman–Crippen MR) is 86.6 cm³/mol. The summed E-state index contributed by atoms with van der Waals surface area (Å²) in [5.41, 5.74) is 1.80. The van der Waals surface area contributed by atoms with Gasteiger partial charge in [0.1, 0.15) is 6.54 Å². The Hall–Kier alpha value is -2.14. The Morgan fingerprint density at radius 2 is 1.41 bits per heavy atom. The van der Waals surface area contributed by atoms with Crippen molar-refractivity contribution in [2.45, 2.75) is 6.18 Å². The van der Waals surface area contributed by atoms with E-state index in [9.17, 15) is 13.2 Å². The fourth-order valence-electron chi connectivity index (χ4n) is 1.87. The van der Waals surface area contributed by atoms with Crippen molar-refractivity contribution < 1.29 is 13.2 Å². The largest absolute Gasteiger partial charge is 0.405 e. The monoisotopic (exact) mass is 321 g/mol. The number of rotatable bonds is 5. The van der Waals surface area contributed by atoms with E-state index in [0.717, 1.165) is 5.56 Å². The number of hydrogen-bond acceptors (Lipinski definition) is 2. The second-order valence-corrected chi connectivity index (χ2v) is 5.06. The molecule has 0 spiro atoms. The van der Waals surface area contributed by atoms with E-state index >= 15 is 0 Å². The lowest BCUT2D eigenvalue weighted by Gasteiger charge is -2.14. The SMILES string of the molecule is FC(F)(F)CN/C(=C/C(=S)c1ccccc1)c1ccccc1. The van der Waals surface area contributed by atoms with Gasteiger partial charge in [0.05, 0.1) is 0 Å². The van der Waals surface area contributed by atoms with Crippen LogP contribution in [0, 0.1) is 0 Å². The van der Waals surface area contributed by atoms with Crippen molar-refractivity contribution in [1.29, 1.82) is 0 Å². The van der Waals surface area contributed by atoms with Crippen molar-refractivity contribution in [1.82, 2.24) is 5.32 Å². The van der Waals surface area contributed by atoms with Crippen molar-refractivity contribution in [3.8, 4) is 0 Å². The quantitative estimate of drug-likeness (QED) is 0.491. The highest BCUT2D eigenvalue weighted by molar-refractivity contribution is 7.81. The van der Waals surface area contributed by atoms with Crippen LogP contribution >= 0.6 is 12.2 Å². The summed E-state index contributed by atoms with van der Waals surface area (Å²) in [5.74, 6) is 0. The molecule has 2 aromatic carbocycles. The number of allylic oxidation sites excluding steroid dienone is 1. The average Bonchev–Trinajstić information content (AvgIpc) is 2.52. The molecule has 1 nitrogen and oxygen atoms in total. The predicted octanol–water partition coefficient (Wildman–Crippen LogP) is 4.60. The molecule has 0 saturated heterocycles. The normalized spacial score (nSPS) is 12.0. The zero-order chi connectivity index (χ0) is 16.0. The minimum absolute atomic E-state index is 0.353. The van der Waals surface area contributed by atoms with E-state index in [1.165, 1.54) is 0 Å². The van der Waals surface area contributed by atoms with Gasteiger partial charge in [-0.15, -0.1) is 0 Å². The second kappa shape index (κ2) is 7.22. The van der Waals surface area contributed by atoms with Gasteiger partial charge in [-0.2, -0.15) is 13.2 Å². The third kappa shape index (κ3) is 5.00. The molecule has 0 saturated carbocycles. The molecule has 114 valence electrons. The van der Waals surface area contributed by atoms with Gasteiger partial charge in [0, 0.05) is 10.6 Å². The number of hydrogen-bond donors (Lipinski definition) is 1. The minimum Gasteiger partial charge on any atom is -0.376 e. The second-order valence-electron chi connectivity index (χ2n) is 4.62. The Labute approximate surface area is 132 Å². The molecule has 0 radical (unpaired) electrons. The van der Waals surface area contributed by atoms with Gasteiger partial charge in [0.15, 0.2) is 0 Å². The van der Waals surface area contributed by atoms with Crippen LogP contribution in [0.2, 0.25) is 0 Å². The molecular weight excluding hydrogens is 307 g/mol. The fraction of sp³-hybridized carbons (Fsp3) is 0.118. The summed E-state index contributed by atoms with van der Waals surface area (Å²) in [6, 6.07) is 18.0. The molecule has 0 aliphatic heterocycles. The molecule has 0 atom stereocenters. The summed E-state index contributed by atoms with van der Waals surface area (Å²) in [5, 5.41) is 2.43. The van der Waals surface area contributed by atoms with Crippen LogP contribution in [0.25, 0.3) is 5.70 Å². The molecule has 0 aliphatic carbocycles. The zero-order valence-corrected chi connectivity index (χ0v) is 12.4. The molecular formula is C17H14F3NS. The van der Waals surface area contributed by atoms with E-state index in [-0.39, 0.29) is 0 Å².